The normalized spacial score (nSPS) is 16.8. The molecule has 0 aromatic heterocycles. The van der Waals surface area contributed by atoms with Crippen LogP contribution in [-0.2, 0) is 84.0 Å². The fourth-order valence-electron chi connectivity index (χ4n) is 8.56. The molecule has 1 fully saturated rings. The molecule has 1 aliphatic rings. The monoisotopic (exact) mass is 1080 g/mol. The first-order chi connectivity index (χ1) is 33.5. The smallest absolute Gasteiger partial charge is 0.410 e. The molecule has 9 atom stereocenters. The zero-order valence-electron chi connectivity index (χ0n) is 44.7. The fourth-order valence-corrected chi connectivity index (χ4v) is 8.56. The van der Waals surface area contributed by atoms with Crippen LogP contribution in [0.15, 0.2) is 54.6 Å². The van der Waals surface area contributed by atoms with Crippen LogP contribution in [0.5, 0.6) is 5.75 Å². The molecule has 3 rings (SSSR count). The van der Waals surface area contributed by atoms with Crippen LogP contribution in [0.2, 0.25) is 0 Å². The minimum absolute atomic E-state index is 0. The second kappa shape index (κ2) is 31.3. The molecule has 0 unspecified atom stereocenters. The number of nitrogens with one attached hydrogen (secondary N) is 3. The zero-order valence-corrected chi connectivity index (χ0v) is 47.6. The number of Topliss-reactive ketones (excluding diaryl/α,β-unsaturated/α-hetero) is 1. The Balaban J connectivity index is 0.0000178. The quantitative estimate of drug-likeness (QED) is 0.0599. The number of carbonyl (C=O) groups is 7. The Morgan fingerprint density at radius 3 is 2.03 bits per heavy atom. The first-order valence-electron chi connectivity index (χ1n) is 25.2. The number of rotatable bonds is 28. The van der Waals surface area contributed by atoms with Crippen LogP contribution in [0.25, 0.3) is 5.73 Å². The van der Waals surface area contributed by atoms with Crippen molar-refractivity contribution in [2.75, 3.05) is 27.7 Å². The number of ether oxygens (including phenoxy) is 3. The summed E-state index contributed by atoms with van der Waals surface area (Å²) in [5.41, 5.74) is 9.91. The predicted molar refractivity (Wildman–Crippen MR) is 271 cm³/mol. The Bertz CT molecular complexity index is 2040. The number of ketones is 1. The summed E-state index contributed by atoms with van der Waals surface area (Å²) in [5.74, 6) is -3.38. The summed E-state index contributed by atoms with van der Waals surface area (Å²) >= 11 is 0. The summed E-state index contributed by atoms with van der Waals surface area (Å²) in [6.07, 6.45) is -0.00688. The average molecular weight is 1080 g/mol. The van der Waals surface area contributed by atoms with E-state index in [2.05, 4.69) is 10.6 Å². The van der Waals surface area contributed by atoms with Crippen LogP contribution in [0, 0.1) is 30.1 Å². The van der Waals surface area contributed by atoms with Crippen molar-refractivity contribution in [3.8, 4) is 5.75 Å². The minimum Gasteiger partial charge on any atom is -0.667 e. The van der Waals surface area contributed by atoms with Gasteiger partial charge in [0.15, 0.2) is 0 Å². The number of hydrogen-bond donors (Lipinski definition) is 3. The third-order valence-corrected chi connectivity index (χ3v) is 13.0. The number of aliphatic hydroxyl groups is 1. The van der Waals surface area contributed by atoms with E-state index in [0.717, 1.165) is 10.5 Å². The fraction of sp³-hybridized carbons (Fsp3) is 0.630. The molecular formula is C54H82N6O11Y-2. The Hall–Kier alpha value is -4.45. The van der Waals surface area contributed by atoms with Crippen molar-refractivity contribution < 1.29 is 85.6 Å². The van der Waals surface area contributed by atoms with Gasteiger partial charge in [-0.25, -0.2) is 9.59 Å². The van der Waals surface area contributed by atoms with E-state index in [9.17, 15) is 38.7 Å². The second-order valence-corrected chi connectivity index (χ2v) is 20.2. The van der Waals surface area contributed by atoms with Crippen molar-refractivity contribution in [2.24, 2.45) is 23.7 Å². The largest absolute Gasteiger partial charge is 0.667 e. The van der Waals surface area contributed by atoms with Gasteiger partial charge in [-0.15, -0.1) is 6.42 Å². The molecule has 1 heterocycles. The number of amides is 5. The van der Waals surface area contributed by atoms with Crippen LogP contribution in [0.1, 0.15) is 118 Å². The first kappa shape index (κ1) is 63.7. The number of nitrogens with zero attached hydrogens (tertiary/aromatic N) is 3. The van der Waals surface area contributed by atoms with Gasteiger partial charge in [0.1, 0.15) is 48.4 Å². The SMILES string of the molecule is CC[C@H](C)[C@@H](NC(=O)[C@@H](NC(=O)[C@@H](CC(C)C)N(C)C(=O)OCc1ccccc1)[C@@H](C)OC(=O)[C@H](Cc1ccc(OC)cc1)N(C)C(=O)[C@@H]1CCCN1C(=O)[C@@H]([NH-])CC(C)C)[C@@H](O)CC(=O)C[CH-]C(C)C.[Y]. The molecule has 0 spiro atoms. The number of likely N-dealkylation sites (N-methyl/N-ethyl adjacent to an activating group) is 2. The van der Waals surface area contributed by atoms with Gasteiger partial charge in [0.2, 0.25) is 23.6 Å². The number of aliphatic hydroxyl groups excluding tert-OH is 1. The molecule has 0 bridgehead atoms. The van der Waals surface area contributed by atoms with Gasteiger partial charge in [-0.1, -0.05) is 117 Å². The molecule has 5 amide bonds. The summed E-state index contributed by atoms with van der Waals surface area (Å²) in [4.78, 5) is 102. The molecular weight excluding hydrogens is 998 g/mol. The average Bonchev–Trinajstić information content (AvgIpc) is 3.83. The molecule has 17 nitrogen and oxygen atoms in total. The number of benzene rings is 2. The van der Waals surface area contributed by atoms with Gasteiger partial charge < -0.3 is 56.7 Å². The number of carbonyl (C=O) groups excluding carboxylic acids is 7. The topological polar surface area (TPSA) is 225 Å². The maximum atomic E-state index is 14.8. The molecule has 399 valence electrons. The Kier molecular flexibility index (Phi) is 27.7. The van der Waals surface area contributed by atoms with Gasteiger partial charge in [0.25, 0.3) is 0 Å². The summed E-state index contributed by atoms with van der Waals surface area (Å²) in [7, 11) is 4.39. The number of hydrogen-bond acceptors (Lipinski definition) is 11. The standard InChI is InChI=1S/C54H82N6O11.Y/c1-13-36(8)47(46(62)31-40(61)24-21-33(2)3)56-50(64)48(57-49(63)44(29-35(6)7)59(11)54(68)70-32-39-18-15-14-16-19-39)37(9)71-53(67)45(30-38-22-25-41(69-12)26-23-38)58(10)52(66)43-20-17-27-60(43)51(65)42(55)28-34(4)5;/h14-16,18-19,21-23,25-26,33-37,42-48,55,62H,13,17,20,24,27-32H2,1-12H3,(H,56,64)(H,57,63);/q-2;/t36-,37+,42-,43-,44+,45-,46-,47+,48-;/m0./s1. The molecule has 72 heavy (non-hydrogen) atoms. The van der Waals surface area contributed by atoms with Gasteiger partial charge in [-0.3, -0.25) is 24.1 Å². The van der Waals surface area contributed by atoms with Gasteiger partial charge in [-0.2, -0.15) is 5.92 Å². The molecule has 2 aromatic carbocycles. The van der Waals surface area contributed by atoms with Crippen LogP contribution in [0.4, 0.5) is 4.79 Å². The van der Waals surface area contributed by atoms with E-state index in [0.29, 0.717) is 37.0 Å². The van der Waals surface area contributed by atoms with E-state index < -0.39 is 84.2 Å². The molecule has 2 aromatic rings. The maximum absolute atomic E-state index is 14.8. The third kappa shape index (κ3) is 19.8. The van der Waals surface area contributed by atoms with Crippen LogP contribution < -0.4 is 15.4 Å². The predicted octanol–water partition coefficient (Wildman–Crippen LogP) is 6.72. The molecule has 1 aliphatic heterocycles. The summed E-state index contributed by atoms with van der Waals surface area (Å²) < 4.78 is 17.1. The van der Waals surface area contributed by atoms with E-state index in [1.165, 1.54) is 37.9 Å². The van der Waals surface area contributed by atoms with Gasteiger partial charge in [-0.05, 0) is 67.2 Å². The van der Waals surface area contributed by atoms with Crippen LogP contribution in [0.3, 0.4) is 0 Å². The first-order valence-corrected chi connectivity index (χ1v) is 25.2. The minimum atomic E-state index is -1.63. The van der Waals surface area contributed by atoms with Gasteiger partial charge in [0, 0.05) is 66.2 Å². The van der Waals surface area contributed by atoms with Crippen molar-refractivity contribution in [3.05, 3.63) is 77.9 Å². The second-order valence-electron chi connectivity index (χ2n) is 20.2. The molecule has 4 N–H and O–H groups in total. The Morgan fingerprint density at radius 1 is 0.833 bits per heavy atom. The van der Waals surface area contributed by atoms with Crippen molar-refractivity contribution in [3.63, 3.8) is 0 Å². The van der Waals surface area contributed by atoms with Crippen molar-refractivity contribution in [1.29, 1.82) is 0 Å². The van der Waals surface area contributed by atoms with Crippen molar-refractivity contribution in [2.45, 2.75) is 169 Å². The number of likely N-dealkylation sites (tertiary alicyclic amines) is 1. The molecule has 18 heteroatoms. The van der Waals surface area contributed by atoms with E-state index in [-0.39, 0.29) is 101 Å². The van der Waals surface area contributed by atoms with E-state index >= 15 is 0 Å². The Morgan fingerprint density at radius 2 is 1.46 bits per heavy atom. The van der Waals surface area contributed by atoms with E-state index in [1.54, 1.807) is 36.4 Å². The molecule has 0 aliphatic carbocycles. The molecule has 1 saturated heterocycles. The number of esters is 1. The third-order valence-electron chi connectivity index (χ3n) is 13.0. The zero-order chi connectivity index (χ0) is 53.1. The maximum Gasteiger partial charge on any atom is 0.410 e. The molecule has 1 radical (unpaired) electrons. The number of methoxy groups -OCH3 is 1. The summed E-state index contributed by atoms with van der Waals surface area (Å²) in [6.45, 7) is 16.8. The summed E-state index contributed by atoms with van der Waals surface area (Å²) in [5, 5.41) is 17.1. The van der Waals surface area contributed by atoms with E-state index in [1.807, 2.05) is 80.0 Å². The summed E-state index contributed by atoms with van der Waals surface area (Å²) in [6, 6.07) is 8.89. The van der Waals surface area contributed by atoms with Gasteiger partial charge >= 0.3 is 12.1 Å². The Labute approximate surface area is 453 Å². The van der Waals surface area contributed by atoms with Crippen molar-refractivity contribution >= 4 is 41.5 Å². The van der Waals surface area contributed by atoms with Crippen LogP contribution in [-0.4, -0.2) is 137 Å². The van der Waals surface area contributed by atoms with Crippen LogP contribution >= 0.6 is 0 Å². The van der Waals surface area contributed by atoms with Gasteiger partial charge in [0.05, 0.1) is 19.3 Å². The van der Waals surface area contributed by atoms with Crippen molar-refractivity contribution in [1.82, 2.24) is 25.3 Å². The van der Waals surface area contributed by atoms with E-state index in [4.69, 9.17) is 19.9 Å². The molecule has 0 saturated carbocycles.